The van der Waals surface area contributed by atoms with Crippen molar-refractivity contribution in [2.45, 2.75) is 84.5 Å². The highest BCUT2D eigenvalue weighted by molar-refractivity contribution is 5.87. The summed E-state index contributed by atoms with van der Waals surface area (Å²) in [7, 11) is 0. The maximum absolute atomic E-state index is 11.5. The third-order valence-corrected chi connectivity index (χ3v) is 3.72. The number of aliphatic hydroxyl groups is 3. The average Bonchev–Trinajstić information content (AvgIpc) is 2.56. The van der Waals surface area contributed by atoms with Crippen LogP contribution in [0.15, 0.2) is 23.5 Å². The molecule has 140 valence electrons. The average molecular weight is 344 g/mol. The fourth-order valence-electron chi connectivity index (χ4n) is 2.21. The summed E-state index contributed by atoms with van der Waals surface area (Å²) in [6.45, 7) is 3.80. The molecule has 6 nitrogen and oxygen atoms in total. The van der Waals surface area contributed by atoms with E-state index in [-0.39, 0.29) is 0 Å². The molecule has 3 N–H and O–H groups in total. The molecule has 0 aliphatic heterocycles. The number of unbranched alkanes of at least 4 members (excludes halogenated alkanes) is 10. The zero-order chi connectivity index (χ0) is 18.2. The molecule has 0 aliphatic carbocycles. The minimum atomic E-state index is -1.45. The van der Waals surface area contributed by atoms with Crippen LogP contribution in [0.25, 0.3) is 0 Å². The van der Waals surface area contributed by atoms with Crippen LogP contribution in [-0.2, 0) is 14.6 Å². The third kappa shape index (κ3) is 12.7. The van der Waals surface area contributed by atoms with Crippen LogP contribution in [-0.4, -0.2) is 21.3 Å². The first kappa shape index (κ1) is 22.1. The summed E-state index contributed by atoms with van der Waals surface area (Å²) in [4.78, 5) is 19.8. The number of rotatable bonds is 14. The normalized spacial score (nSPS) is 11.2. The molecule has 0 rings (SSSR count). The van der Waals surface area contributed by atoms with Gasteiger partial charge in [0.25, 0.3) is 0 Å². The van der Waals surface area contributed by atoms with Gasteiger partial charge in [-0.3, -0.25) is 0 Å². The Hall–Kier alpha value is -1.85. The van der Waals surface area contributed by atoms with Crippen LogP contribution in [0.1, 0.15) is 84.5 Å². The minimum absolute atomic E-state index is 0.344. The molecule has 0 aromatic carbocycles. The summed E-state index contributed by atoms with van der Waals surface area (Å²) in [5.74, 6) is -3.49. The van der Waals surface area contributed by atoms with Crippen LogP contribution in [0.4, 0.5) is 0 Å². The molecular formula is C18H32O6. The van der Waals surface area contributed by atoms with Gasteiger partial charge in [0.1, 0.15) is 0 Å². The Kier molecular flexibility index (Phi) is 13.6. The molecule has 0 saturated carbocycles. The van der Waals surface area contributed by atoms with Gasteiger partial charge in [0.15, 0.2) is 0 Å². The fourth-order valence-corrected chi connectivity index (χ4v) is 2.21. The Bertz CT molecular complexity index is 396. The number of hydrogen-bond acceptors (Lipinski definition) is 6. The summed E-state index contributed by atoms with van der Waals surface area (Å²) >= 11 is 0. The van der Waals surface area contributed by atoms with E-state index in [1.54, 1.807) is 13.0 Å². The fraction of sp³-hybridized carbons (Fsp3) is 0.722. The van der Waals surface area contributed by atoms with Crippen molar-refractivity contribution < 1.29 is 29.9 Å². The number of allylic oxidation sites excluding steroid dienone is 1. The van der Waals surface area contributed by atoms with E-state index in [9.17, 15) is 4.79 Å². The summed E-state index contributed by atoms with van der Waals surface area (Å²) in [5.41, 5.74) is 0.344. The van der Waals surface area contributed by atoms with Crippen molar-refractivity contribution in [3.63, 3.8) is 0 Å². The van der Waals surface area contributed by atoms with Crippen LogP contribution in [0.3, 0.4) is 0 Å². The van der Waals surface area contributed by atoms with Crippen LogP contribution < -0.4 is 0 Å². The molecule has 6 heteroatoms. The highest BCUT2D eigenvalue weighted by atomic mass is 17.2. The second-order valence-electron chi connectivity index (χ2n) is 5.94. The van der Waals surface area contributed by atoms with E-state index in [4.69, 9.17) is 15.3 Å². The van der Waals surface area contributed by atoms with Crippen LogP contribution >= 0.6 is 0 Å². The molecule has 0 radical (unpaired) electrons. The molecule has 0 aromatic heterocycles. The van der Waals surface area contributed by atoms with Crippen molar-refractivity contribution in [2.24, 2.45) is 0 Å². The summed E-state index contributed by atoms with van der Waals surface area (Å²) in [6.07, 6.45) is 15.1. The van der Waals surface area contributed by atoms with Crippen molar-refractivity contribution in [2.75, 3.05) is 0 Å². The summed E-state index contributed by atoms with van der Waals surface area (Å²) < 4.78 is 0. The molecule has 0 unspecified atom stereocenters. The Labute approximate surface area is 144 Å². The molecule has 0 aliphatic rings. The molecule has 0 amide bonds. The van der Waals surface area contributed by atoms with E-state index in [2.05, 4.69) is 16.7 Å². The first-order valence-corrected chi connectivity index (χ1v) is 8.85. The van der Waals surface area contributed by atoms with Crippen molar-refractivity contribution in [3.05, 3.63) is 23.5 Å². The van der Waals surface area contributed by atoms with Gasteiger partial charge in [0.05, 0.1) is 0 Å². The quantitative estimate of drug-likeness (QED) is 0.126. The largest absolute Gasteiger partial charge is 0.476 e. The van der Waals surface area contributed by atoms with Crippen LogP contribution in [0, 0.1) is 0 Å². The minimum Gasteiger partial charge on any atom is -0.476 e. The molecule has 0 fully saturated rings. The van der Waals surface area contributed by atoms with Gasteiger partial charge in [-0.15, -0.1) is 0 Å². The number of carbonyl (C=O) groups is 1. The van der Waals surface area contributed by atoms with Gasteiger partial charge in [0, 0.05) is 5.57 Å². The SMILES string of the molecule is CCCCCCCCCCCC/C=C(\C)C(=O)OOC(O)=C(O)O. The smallest absolute Gasteiger partial charge is 0.410 e. The second-order valence-corrected chi connectivity index (χ2v) is 5.94. The zero-order valence-corrected chi connectivity index (χ0v) is 14.9. The predicted molar refractivity (Wildman–Crippen MR) is 92.3 cm³/mol. The Morgan fingerprint density at radius 2 is 1.33 bits per heavy atom. The lowest BCUT2D eigenvalue weighted by Crippen LogP contribution is -2.07. The van der Waals surface area contributed by atoms with Crippen molar-refractivity contribution in [1.82, 2.24) is 0 Å². The zero-order valence-electron chi connectivity index (χ0n) is 14.9. The molecule has 0 heterocycles. The number of carbonyl (C=O) groups excluding carboxylic acids is 1. The molecule has 0 bridgehead atoms. The standard InChI is InChI=1S/C18H32O6/c1-3-4-5-6-7-8-9-10-11-12-13-14-15(2)17(21)23-24-18(22)16(19)20/h14,19-20,22H,3-13H2,1-2H3/b15-14+. The van der Waals surface area contributed by atoms with Gasteiger partial charge >= 0.3 is 17.9 Å². The predicted octanol–water partition coefficient (Wildman–Crippen LogP) is 5.52. The van der Waals surface area contributed by atoms with E-state index in [1.165, 1.54) is 51.4 Å². The summed E-state index contributed by atoms with van der Waals surface area (Å²) in [5, 5.41) is 25.7. The second kappa shape index (κ2) is 14.7. The van der Waals surface area contributed by atoms with Gasteiger partial charge in [0.2, 0.25) is 0 Å². The maximum atomic E-state index is 11.5. The Morgan fingerprint density at radius 3 is 1.83 bits per heavy atom. The lowest BCUT2D eigenvalue weighted by Gasteiger charge is -2.03. The van der Waals surface area contributed by atoms with Gasteiger partial charge in [-0.1, -0.05) is 70.8 Å². The Morgan fingerprint density at radius 1 is 0.833 bits per heavy atom. The van der Waals surface area contributed by atoms with Gasteiger partial charge in [-0.2, -0.15) is 0 Å². The molecule has 0 saturated heterocycles. The Balaban J connectivity index is 3.61. The lowest BCUT2D eigenvalue weighted by atomic mass is 10.1. The van der Waals surface area contributed by atoms with E-state index in [1.807, 2.05) is 0 Å². The number of hydrogen-bond donors (Lipinski definition) is 3. The van der Waals surface area contributed by atoms with Gasteiger partial charge in [-0.25, -0.2) is 14.6 Å². The van der Waals surface area contributed by atoms with Gasteiger partial charge < -0.3 is 15.3 Å². The topological polar surface area (TPSA) is 96.2 Å². The summed E-state index contributed by atoms with van der Waals surface area (Å²) in [6, 6.07) is 0. The molecular weight excluding hydrogens is 312 g/mol. The molecule has 24 heavy (non-hydrogen) atoms. The van der Waals surface area contributed by atoms with Crippen molar-refractivity contribution >= 4 is 5.97 Å². The number of aliphatic hydroxyl groups excluding tert-OH is 2. The first-order chi connectivity index (χ1) is 11.5. The molecule has 0 spiro atoms. The van der Waals surface area contributed by atoms with E-state index in [0.717, 1.165) is 19.3 Å². The first-order valence-electron chi connectivity index (χ1n) is 8.85. The van der Waals surface area contributed by atoms with Crippen molar-refractivity contribution in [1.29, 1.82) is 0 Å². The van der Waals surface area contributed by atoms with E-state index < -0.39 is 17.9 Å². The monoisotopic (exact) mass is 344 g/mol. The van der Waals surface area contributed by atoms with E-state index >= 15 is 0 Å². The lowest BCUT2D eigenvalue weighted by molar-refractivity contribution is -0.268. The van der Waals surface area contributed by atoms with Crippen LogP contribution in [0.5, 0.6) is 0 Å². The van der Waals surface area contributed by atoms with Crippen LogP contribution in [0.2, 0.25) is 0 Å². The highest BCUT2D eigenvalue weighted by Gasteiger charge is 2.11. The van der Waals surface area contributed by atoms with Crippen molar-refractivity contribution in [3.8, 4) is 0 Å². The van der Waals surface area contributed by atoms with Gasteiger partial charge in [-0.05, 0) is 19.8 Å². The molecule has 0 atom stereocenters. The third-order valence-electron chi connectivity index (χ3n) is 3.72. The van der Waals surface area contributed by atoms with E-state index in [0.29, 0.717) is 5.57 Å². The highest BCUT2D eigenvalue weighted by Crippen LogP contribution is 2.12. The maximum Gasteiger partial charge on any atom is 0.410 e. The molecule has 0 aromatic rings.